The molecular formula is C19H19NO6. The van der Waals surface area contributed by atoms with Crippen molar-refractivity contribution in [3.05, 3.63) is 59.6 Å². The number of methoxy groups -OCH3 is 2. The molecule has 1 N–H and O–H groups in total. The maximum atomic E-state index is 12.6. The van der Waals surface area contributed by atoms with Crippen molar-refractivity contribution in [3.8, 4) is 5.75 Å². The Kier molecular flexibility index (Phi) is 5.09. The van der Waals surface area contributed by atoms with Crippen molar-refractivity contribution in [2.24, 2.45) is 0 Å². The number of hydrogen-bond acceptors (Lipinski definition) is 6. The number of carbonyl (C=O) groups is 2. The number of ether oxygens (including phenoxy) is 2. The molecule has 1 aromatic carbocycles. The average Bonchev–Trinajstić information content (AvgIpc) is 3.27. The van der Waals surface area contributed by atoms with Crippen molar-refractivity contribution in [3.63, 3.8) is 0 Å². The van der Waals surface area contributed by atoms with E-state index in [9.17, 15) is 14.7 Å². The van der Waals surface area contributed by atoms with Gasteiger partial charge in [-0.1, -0.05) is 12.1 Å². The van der Waals surface area contributed by atoms with Gasteiger partial charge in [-0.05, 0) is 24.3 Å². The molecule has 0 unspecified atom stereocenters. The second-order valence-corrected chi connectivity index (χ2v) is 5.73. The molecule has 3 rings (SSSR count). The number of furan rings is 1. The lowest BCUT2D eigenvalue weighted by Crippen LogP contribution is -2.32. The number of ketones is 1. The van der Waals surface area contributed by atoms with E-state index in [1.165, 1.54) is 25.4 Å². The summed E-state index contributed by atoms with van der Waals surface area (Å²) in [6, 6.07) is 9.16. The molecule has 7 heteroatoms. The van der Waals surface area contributed by atoms with Gasteiger partial charge in [0.15, 0.2) is 0 Å². The molecule has 1 saturated heterocycles. The lowest BCUT2D eigenvalue weighted by Gasteiger charge is -2.22. The fourth-order valence-corrected chi connectivity index (χ4v) is 2.97. The first kappa shape index (κ1) is 17.8. The number of aliphatic hydroxyl groups excluding tert-OH is 1. The molecule has 2 heterocycles. The highest BCUT2D eigenvalue weighted by Gasteiger charge is 2.47. The van der Waals surface area contributed by atoms with Gasteiger partial charge in [-0.15, -0.1) is 0 Å². The number of hydrogen-bond donors (Lipinski definition) is 1. The maximum Gasteiger partial charge on any atom is 0.295 e. The second kappa shape index (κ2) is 7.45. The van der Waals surface area contributed by atoms with Crippen LogP contribution in [0.2, 0.25) is 0 Å². The number of likely N-dealkylation sites (tertiary alicyclic amines) is 1. The number of aliphatic hydroxyl groups is 1. The highest BCUT2D eigenvalue weighted by Crippen LogP contribution is 2.39. The van der Waals surface area contributed by atoms with Crippen LogP contribution in [0.3, 0.4) is 0 Å². The smallest absolute Gasteiger partial charge is 0.295 e. The monoisotopic (exact) mass is 357 g/mol. The normalized spacial score (nSPS) is 19.2. The van der Waals surface area contributed by atoms with E-state index < -0.39 is 17.7 Å². The predicted octanol–water partition coefficient (Wildman–Crippen LogP) is 2.36. The molecule has 1 aromatic heterocycles. The molecular weight excluding hydrogens is 338 g/mol. The Hall–Kier alpha value is -3.06. The second-order valence-electron chi connectivity index (χ2n) is 5.73. The third kappa shape index (κ3) is 3.09. The Morgan fingerprint density at radius 3 is 2.69 bits per heavy atom. The van der Waals surface area contributed by atoms with E-state index in [0.29, 0.717) is 17.1 Å². The lowest BCUT2D eigenvalue weighted by atomic mass is 9.99. The molecule has 1 amide bonds. The summed E-state index contributed by atoms with van der Waals surface area (Å²) in [5.74, 6) is -0.818. The Morgan fingerprint density at radius 1 is 1.23 bits per heavy atom. The molecule has 0 aliphatic carbocycles. The zero-order valence-corrected chi connectivity index (χ0v) is 14.5. The zero-order chi connectivity index (χ0) is 18.7. The van der Waals surface area contributed by atoms with Crippen LogP contribution in [0.15, 0.2) is 52.7 Å². The predicted molar refractivity (Wildman–Crippen MR) is 92.6 cm³/mol. The Bertz CT molecular complexity index is 839. The van der Waals surface area contributed by atoms with Gasteiger partial charge in [0.1, 0.15) is 23.3 Å². The summed E-state index contributed by atoms with van der Waals surface area (Å²) < 4.78 is 15.6. The summed E-state index contributed by atoms with van der Waals surface area (Å²) in [4.78, 5) is 26.5. The number of rotatable bonds is 6. The maximum absolute atomic E-state index is 12.6. The molecule has 7 nitrogen and oxygen atoms in total. The summed E-state index contributed by atoms with van der Waals surface area (Å²) in [5.41, 5.74) is 0.361. The standard InChI is InChI=1S/C19H19NO6/c1-24-10-8-20-16(14-7-4-9-26-14)15(18(22)19(20)23)17(21)12-5-3-6-13(11-12)25-2/h3-7,9,11,16,21H,8,10H2,1-2H3/b17-15-/t16-/m0/s1. The Labute approximate surface area is 150 Å². The number of amides is 1. The van der Waals surface area contributed by atoms with Gasteiger partial charge in [-0.2, -0.15) is 0 Å². The summed E-state index contributed by atoms with van der Waals surface area (Å²) in [7, 11) is 3.01. The molecule has 0 saturated carbocycles. The van der Waals surface area contributed by atoms with Crippen LogP contribution in [-0.4, -0.2) is 49.1 Å². The third-order valence-electron chi connectivity index (χ3n) is 4.23. The summed E-state index contributed by atoms with van der Waals surface area (Å²) in [6.07, 6.45) is 1.46. The molecule has 0 bridgehead atoms. The number of carbonyl (C=O) groups excluding carboxylic acids is 2. The first-order valence-electron chi connectivity index (χ1n) is 8.03. The van der Waals surface area contributed by atoms with Gasteiger partial charge in [-0.3, -0.25) is 9.59 Å². The number of nitrogens with zero attached hydrogens (tertiary/aromatic N) is 1. The molecule has 1 atom stereocenters. The molecule has 0 radical (unpaired) electrons. The van der Waals surface area contributed by atoms with E-state index in [1.807, 2.05) is 0 Å². The van der Waals surface area contributed by atoms with Crippen molar-refractivity contribution in [2.45, 2.75) is 6.04 Å². The van der Waals surface area contributed by atoms with E-state index in [2.05, 4.69) is 0 Å². The Balaban J connectivity index is 2.12. The van der Waals surface area contributed by atoms with E-state index >= 15 is 0 Å². The number of Topliss-reactive ketones (excluding diaryl/α,β-unsaturated/α-hetero) is 1. The van der Waals surface area contributed by atoms with Gasteiger partial charge in [0, 0.05) is 19.2 Å². The van der Waals surface area contributed by atoms with E-state index in [1.54, 1.807) is 36.4 Å². The van der Waals surface area contributed by atoms with Crippen LogP contribution in [-0.2, 0) is 14.3 Å². The SMILES string of the molecule is COCCN1C(=O)C(=O)/C(=C(\O)c2cccc(OC)c2)[C@@H]1c1ccco1. The zero-order valence-electron chi connectivity index (χ0n) is 14.5. The Morgan fingerprint density at radius 2 is 2.04 bits per heavy atom. The summed E-state index contributed by atoms with van der Waals surface area (Å²) in [5, 5.41) is 10.8. The van der Waals surface area contributed by atoms with Gasteiger partial charge < -0.3 is 23.9 Å². The van der Waals surface area contributed by atoms with Crippen molar-refractivity contribution in [2.75, 3.05) is 27.4 Å². The minimum atomic E-state index is -0.814. The van der Waals surface area contributed by atoms with Crippen LogP contribution in [0.5, 0.6) is 5.75 Å². The highest BCUT2D eigenvalue weighted by molar-refractivity contribution is 6.46. The lowest BCUT2D eigenvalue weighted by molar-refractivity contribution is -0.140. The van der Waals surface area contributed by atoms with Gasteiger partial charge in [0.2, 0.25) is 0 Å². The van der Waals surface area contributed by atoms with Crippen molar-refractivity contribution in [1.29, 1.82) is 0 Å². The molecule has 0 spiro atoms. The topological polar surface area (TPSA) is 89.2 Å². The molecule has 2 aromatic rings. The average molecular weight is 357 g/mol. The quantitative estimate of drug-likeness (QED) is 0.485. The fourth-order valence-electron chi connectivity index (χ4n) is 2.97. The minimum absolute atomic E-state index is 0.0192. The van der Waals surface area contributed by atoms with E-state index in [-0.39, 0.29) is 24.5 Å². The summed E-state index contributed by atoms with van der Waals surface area (Å²) in [6.45, 7) is 0.449. The van der Waals surface area contributed by atoms with Crippen molar-refractivity contribution >= 4 is 17.4 Å². The fraction of sp³-hybridized carbons (Fsp3) is 0.263. The third-order valence-corrected chi connectivity index (χ3v) is 4.23. The largest absolute Gasteiger partial charge is 0.507 e. The molecule has 136 valence electrons. The van der Waals surface area contributed by atoms with Crippen LogP contribution in [0, 0.1) is 0 Å². The van der Waals surface area contributed by atoms with Gasteiger partial charge in [0.25, 0.3) is 11.7 Å². The van der Waals surface area contributed by atoms with Crippen molar-refractivity contribution in [1.82, 2.24) is 4.90 Å². The molecule has 26 heavy (non-hydrogen) atoms. The number of benzene rings is 1. The van der Waals surface area contributed by atoms with Crippen LogP contribution < -0.4 is 4.74 Å². The molecule has 1 aliphatic rings. The van der Waals surface area contributed by atoms with Crippen LogP contribution >= 0.6 is 0 Å². The first-order valence-corrected chi connectivity index (χ1v) is 8.03. The molecule has 1 aliphatic heterocycles. The minimum Gasteiger partial charge on any atom is -0.507 e. The van der Waals surface area contributed by atoms with Crippen molar-refractivity contribution < 1.29 is 28.6 Å². The van der Waals surface area contributed by atoms with Crippen LogP contribution in [0.1, 0.15) is 17.4 Å². The van der Waals surface area contributed by atoms with Gasteiger partial charge in [0.05, 0.1) is 25.6 Å². The highest BCUT2D eigenvalue weighted by atomic mass is 16.5. The van der Waals surface area contributed by atoms with E-state index in [0.717, 1.165) is 0 Å². The van der Waals surface area contributed by atoms with Crippen LogP contribution in [0.25, 0.3) is 5.76 Å². The summed E-state index contributed by atoms with van der Waals surface area (Å²) >= 11 is 0. The molecule has 1 fully saturated rings. The first-order chi connectivity index (χ1) is 12.6. The van der Waals surface area contributed by atoms with E-state index in [4.69, 9.17) is 13.9 Å². The van der Waals surface area contributed by atoms with Gasteiger partial charge >= 0.3 is 0 Å². The van der Waals surface area contributed by atoms with Crippen LogP contribution in [0.4, 0.5) is 0 Å². The van der Waals surface area contributed by atoms with Gasteiger partial charge in [-0.25, -0.2) is 0 Å².